The van der Waals surface area contributed by atoms with E-state index < -0.39 is 0 Å². The minimum Gasteiger partial charge on any atom is -0.353 e. The van der Waals surface area contributed by atoms with E-state index in [1.165, 1.54) is 5.69 Å². The van der Waals surface area contributed by atoms with Crippen molar-refractivity contribution in [2.45, 2.75) is 51.6 Å². The molecule has 150 valence electrons. The Labute approximate surface area is 170 Å². The van der Waals surface area contributed by atoms with E-state index in [9.17, 15) is 4.79 Å². The van der Waals surface area contributed by atoms with Gasteiger partial charge in [-0.05, 0) is 45.1 Å². The molecule has 1 amide bonds. The molecule has 3 heterocycles. The number of rotatable bonds is 5. The predicted octanol–water partition coefficient (Wildman–Crippen LogP) is 3.29. The quantitative estimate of drug-likeness (QED) is 0.784. The highest BCUT2D eigenvalue weighted by molar-refractivity contribution is 7.13. The number of aromatic nitrogens is 3. The average molecular weight is 400 g/mol. The fourth-order valence-electron chi connectivity index (χ4n) is 4.13. The molecular formula is C21H29N5OS. The molecule has 1 atom stereocenters. The van der Waals surface area contributed by atoms with Gasteiger partial charge in [-0.2, -0.15) is 5.10 Å². The van der Waals surface area contributed by atoms with Gasteiger partial charge in [-0.1, -0.05) is 12.2 Å². The van der Waals surface area contributed by atoms with Crippen LogP contribution in [0.2, 0.25) is 0 Å². The van der Waals surface area contributed by atoms with Gasteiger partial charge < -0.3 is 5.32 Å². The number of aryl methyl sites for hydroxylation is 2. The summed E-state index contributed by atoms with van der Waals surface area (Å²) < 4.78 is 1.99. The lowest BCUT2D eigenvalue weighted by molar-refractivity contribution is -0.126. The smallest absolute Gasteiger partial charge is 0.223 e. The molecule has 1 unspecified atom stereocenters. The summed E-state index contributed by atoms with van der Waals surface area (Å²) in [7, 11) is 2.01. The normalized spacial score (nSPS) is 21.1. The zero-order valence-electron chi connectivity index (χ0n) is 16.7. The van der Waals surface area contributed by atoms with Crippen molar-refractivity contribution in [1.82, 2.24) is 25.0 Å². The van der Waals surface area contributed by atoms with Crippen LogP contribution in [-0.4, -0.2) is 44.7 Å². The number of hydrogen-bond acceptors (Lipinski definition) is 5. The van der Waals surface area contributed by atoms with Gasteiger partial charge in [0.05, 0.1) is 21.8 Å². The van der Waals surface area contributed by atoms with Crippen molar-refractivity contribution in [1.29, 1.82) is 0 Å². The first kappa shape index (κ1) is 19.3. The molecular weight excluding hydrogens is 370 g/mol. The van der Waals surface area contributed by atoms with Gasteiger partial charge in [0.15, 0.2) is 0 Å². The zero-order valence-corrected chi connectivity index (χ0v) is 17.5. The topological polar surface area (TPSA) is 63.1 Å². The van der Waals surface area contributed by atoms with Gasteiger partial charge in [-0.15, -0.1) is 11.3 Å². The maximum atomic E-state index is 12.5. The molecule has 1 N–H and O–H groups in total. The van der Waals surface area contributed by atoms with E-state index in [2.05, 4.69) is 38.5 Å². The maximum Gasteiger partial charge on any atom is 0.223 e. The van der Waals surface area contributed by atoms with Crippen molar-refractivity contribution >= 4 is 17.2 Å². The number of piperidine rings is 1. The van der Waals surface area contributed by atoms with E-state index in [0.29, 0.717) is 6.04 Å². The summed E-state index contributed by atoms with van der Waals surface area (Å²) in [4.78, 5) is 20.4. The molecule has 2 aromatic rings. The Kier molecular flexibility index (Phi) is 5.92. The molecule has 1 aliphatic heterocycles. The second-order valence-electron chi connectivity index (χ2n) is 7.95. The number of amides is 1. The largest absolute Gasteiger partial charge is 0.353 e. The van der Waals surface area contributed by atoms with Crippen molar-refractivity contribution in [3.8, 4) is 10.6 Å². The molecule has 28 heavy (non-hydrogen) atoms. The van der Waals surface area contributed by atoms with Crippen molar-refractivity contribution in [2.75, 3.05) is 13.1 Å². The van der Waals surface area contributed by atoms with E-state index in [1.807, 2.05) is 24.2 Å². The highest BCUT2D eigenvalue weighted by Gasteiger charge is 2.25. The first-order valence-electron chi connectivity index (χ1n) is 10.2. The van der Waals surface area contributed by atoms with Crippen LogP contribution in [0.15, 0.2) is 23.7 Å². The third kappa shape index (κ3) is 4.36. The fraction of sp³-hybridized carbons (Fsp3) is 0.571. The molecule has 0 bridgehead atoms. The monoisotopic (exact) mass is 399 g/mol. The SMILES string of the molecule is Cc1ncsc1-c1cc(CN2CCC(NC(=O)C3CC=CCC3)CC2)n(C)n1. The summed E-state index contributed by atoms with van der Waals surface area (Å²) in [6.45, 7) is 4.95. The van der Waals surface area contributed by atoms with E-state index in [0.717, 1.165) is 68.0 Å². The molecule has 1 saturated heterocycles. The summed E-state index contributed by atoms with van der Waals surface area (Å²) in [5, 5.41) is 7.97. The highest BCUT2D eigenvalue weighted by atomic mass is 32.1. The van der Waals surface area contributed by atoms with Gasteiger partial charge in [0.25, 0.3) is 0 Å². The summed E-state index contributed by atoms with van der Waals surface area (Å²) >= 11 is 1.64. The highest BCUT2D eigenvalue weighted by Crippen LogP contribution is 2.27. The molecule has 1 fully saturated rings. The molecule has 1 aliphatic carbocycles. The number of hydrogen-bond donors (Lipinski definition) is 1. The molecule has 2 aromatic heterocycles. The van der Waals surface area contributed by atoms with Crippen molar-refractivity contribution in [2.24, 2.45) is 13.0 Å². The summed E-state index contributed by atoms with van der Waals surface area (Å²) in [5.74, 6) is 0.421. The third-order valence-corrected chi connectivity index (χ3v) is 6.87. The third-order valence-electron chi connectivity index (χ3n) is 5.91. The number of likely N-dealkylation sites (tertiary alicyclic amines) is 1. The van der Waals surface area contributed by atoms with Crippen molar-refractivity contribution in [3.63, 3.8) is 0 Å². The Hall–Kier alpha value is -1.99. The van der Waals surface area contributed by atoms with Crippen LogP contribution in [-0.2, 0) is 18.4 Å². The minimum absolute atomic E-state index is 0.172. The second-order valence-corrected chi connectivity index (χ2v) is 8.81. The van der Waals surface area contributed by atoms with Gasteiger partial charge in [0, 0.05) is 38.6 Å². The Morgan fingerprint density at radius 2 is 2.11 bits per heavy atom. The summed E-state index contributed by atoms with van der Waals surface area (Å²) in [5.41, 5.74) is 5.15. The van der Waals surface area contributed by atoms with E-state index >= 15 is 0 Å². The number of nitrogens with one attached hydrogen (secondary N) is 1. The van der Waals surface area contributed by atoms with Gasteiger partial charge >= 0.3 is 0 Å². The first-order chi connectivity index (χ1) is 13.6. The van der Waals surface area contributed by atoms with Crippen molar-refractivity contribution in [3.05, 3.63) is 35.1 Å². The van der Waals surface area contributed by atoms with E-state index in [1.54, 1.807) is 11.3 Å². The first-order valence-corrected chi connectivity index (χ1v) is 11.1. The number of thiazole rings is 1. The summed E-state index contributed by atoms with van der Waals surface area (Å²) in [6, 6.07) is 2.50. The lowest BCUT2D eigenvalue weighted by Crippen LogP contribution is -2.46. The molecule has 0 radical (unpaired) electrons. The number of carbonyl (C=O) groups excluding carboxylic acids is 1. The predicted molar refractivity (Wildman–Crippen MR) is 112 cm³/mol. The number of nitrogens with zero attached hydrogens (tertiary/aromatic N) is 4. The molecule has 0 saturated carbocycles. The molecule has 6 nitrogen and oxygen atoms in total. The van der Waals surface area contributed by atoms with Crippen LogP contribution in [0.25, 0.3) is 10.6 Å². The maximum absolute atomic E-state index is 12.5. The lowest BCUT2D eigenvalue weighted by atomic mass is 9.93. The Morgan fingerprint density at radius 1 is 1.29 bits per heavy atom. The molecule has 0 aromatic carbocycles. The zero-order chi connectivity index (χ0) is 19.5. The van der Waals surface area contributed by atoms with Gasteiger partial charge in [0.2, 0.25) is 5.91 Å². The average Bonchev–Trinajstić information content (AvgIpc) is 3.29. The standard InChI is InChI=1S/C21H29N5OS/c1-15-20(28-14-22-15)19-12-18(25(2)24-19)13-26-10-8-17(9-11-26)23-21(27)16-6-4-3-5-7-16/h3-4,12,14,16-17H,5-11,13H2,1-2H3,(H,23,27). The molecule has 4 rings (SSSR count). The van der Waals surface area contributed by atoms with E-state index in [-0.39, 0.29) is 11.8 Å². The number of allylic oxidation sites excluding steroid dienone is 2. The molecule has 0 spiro atoms. The van der Waals surface area contributed by atoms with E-state index in [4.69, 9.17) is 0 Å². The molecule has 7 heteroatoms. The van der Waals surface area contributed by atoms with Crippen molar-refractivity contribution < 1.29 is 4.79 Å². The molecule has 2 aliphatic rings. The Morgan fingerprint density at radius 3 is 2.79 bits per heavy atom. The van der Waals surface area contributed by atoms with Gasteiger partial charge in [-0.3, -0.25) is 14.4 Å². The van der Waals surface area contributed by atoms with Crippen LogP contribution < -0.4 is 5.32 Å². The van der Waals surface area contributed by atoms with Crippen LogP contribution in [0.1, 0.15) is 43.5 Å². The van der Waals surface area contributed by atoms with Crippen LogP contribution in [0, 0.1) is 12.8 Å². The van der Waals surface area contributed by atoms with Gasteiger partial charge in [-0.25, -0.2) is 4.98 Å². The lowest BCUT2D eigenvalue weighted by Gasteiger charge is -2.33. The Bertz CT molecular complexity index is 847. The van der Waals surface area contributed by atoms with Crippen LogP contribution in [0.5, 0.6) is 0 Å². The second kappa shape index (κ2) is 8.57. The minimum atomic E-state index is 0.172. The number of carbonyl (C=O) groups is 1. The van der Waals surface area contributed by atoms with Gasteiger partial charge in [0.1, 0.15) is 5.69 Å². The Balaban J connectivity index is 1.29. The van der Waals surface area contributed by atoms with Crippen LogP contribution >= 0.6 is 11.3 Å². The van der Waals surface area contributed by atoms with Crippen LogP contribution in [0.4, 0.5) is 0 Å². The fourth-order valence-corrected chi connectivity index (χ4v) is 4.89. The van der Waals surface area contributed by atoms with Crippen LogP contribution in [0.3, 0.4) is 0 Å². The summed E-state index contributed by atoms with van der Waals surface area (Å²) in [6.07, 6.45) is 9.29.